The normalized spacial score (nSPS) is 19.8. The predicted molar refractivity (Wildman–Crippen MR) is 66.7 cm³/mol. The number of carbonyl (C=O) groups excluding carboxylic acids is 2. The number of imide groups is 1. The average molecular weight is 261 g/mol. The average Bonchev–Trinajstić information content (AvgIpc) is 2.43. The molecule has 1 fully saturated rings. The summed E-state index contributed by atoms with van der Waals surface area (Å²) in [7, 11) is 1.30. The van der Waals surface area contributed by atoms with E-state index in [4.69, 9.17) is 5.41 Å². The number of urea groups is 1. The molecule has 1 heterocycles. The molecule has 2 N–H and O–H groups in total. The predicted octanol–water partition coefficient (Wildman–Crippen LogP) is -0.627. The molecule has 0 radical (unpaired) electrons. The number of hydrogen-bond donors (Lipinski definition) is 1. The molecule has 0 bridgehead atoms. The summed E-state index contributed by atoms with van der Waals surface area (Å²) in [5.74, 6) is -0.839. The van der Waals surface area contributed by atoms with Crippen molar-refractivity contribution in [2.75, 3.05) is 7.05 Å². The molecule has 1 aromatic rings. The highest BCUT2D eigenvalue weighted by atomic mass is 16.3. The van der Waals surface area contributed by atoms with Crippen LogP contribution in [0.2, 0.25) is 0 Å². The number of nitrogens with two attached hydrogens (primary N) is 1. The lowest BCUT2D eigenvalue weighted by Gasteiger charge is -2.28. The molecule has 0 aliphatic carbocycles. The molecule has 3 amide bonds. The van der Waals surface area contributed by atoms with Crippen LogP contribution in [0, 0.1) is 4.91 Å². The number of hydrogen-bond acceptors (Lipinski definition) is 4. The molecular weight excluding hydrogens is 248 g/mol. The maximum absolute atomic E-state index is 12.0. The topological polar surface area (TPSA) is 95.6 Å². The fourth-order valence-electron chi connectivity index (χ4n) is 1.87. The molecule has 98 valence electrons. The van der Waals surface area contributed by atoms with Crippen LogP contribution < -0.4 is 5.41 Å². The Labute approximate surface area is 109 Å². The lowest BCUT2D eigenvalue weighted by Crippen LogP contribution is -2.68. The van der Waals surface area contributed by atoms with Crippen molar-refractivity contribution >= 4 is 17.8 Å². The summed E-state index contributed by atoms with van der Waals surface area (Å²) in [5, 5.41) is 8.39. The van der Waals surface area contributed by atoms with E-state index in [0.717, 1.165) is 10.5 Å². The monoisotopic (exact) mass is 261 g/mol. The number of carbonyl (C=O) groups is 2. The van der Waals surface area contributed by atoms with E-state index >= 15 is 0 Å². The smallest absolute Gasteiger partial charge is 0.288 e. The fraction of sp³-hybridized carbons (Fsp3) is 0.250. The van der Waals surface area contributed by atoms with Crippen molar-refractivity contribution < 1.29 is 15.0 Å². The molecule has 1 saturated heterocycles. The van der Waals surface area contributed by atoms with Gasteiger partial charge in [-0.2, -0.15) is 4.90 Å². The summed E-state index contributed by atoms with van der Waals surface area (Å²) in [6.07, 6.45) is 0. The zero-order valence-electron chi connectivity index (χ0n) is 10.3. The molecule has 2 rings (SSSR count). The molecule has 1 aliphatic heterocycles. The standard InChI is InChI=1S/C12H12N4O3/c1-15-11(17)9(14-19)10(13)16(12(15)18)7-8-5-3-2-4-6-8/h2-6,9,13H,7H2,1H3/p+1. The number of likely N-dealkylation sites (N-methyl/N-ethyl adjacent to an activating group) is 1. The van der Waals surface area contributed by atoms with Gasteiger partial charge in [-0.1, -0.05) is 30.3 Å². The summed E-state index contributed by atoms with van der Waals surface area (Å²) < 4.78 is 0. The zero-order chi connectivity index (χ0) is 14.0. The summed E-state index contributed by atoms with van der Waals surface area (Å²) in [4.78, 5) is 36.4. The maximum atomic E-state index is 12.0. The molecule has 7 heteroatoms. The van der Waals surface area contributed by atoms with Crippen LogP contribution in [0.15, 0.2) is 35.5 Å². The fourth-order valence-corrected chi connectivity index (χ4v) is 1.87. The second-order valence-corrected chi connectivity index (χ2v) is 4.18. The Balaban J connectivity index is 2.28. The van der Waals surface area contributed by atoms with Crippen LogP contribution in [0.3, 0.4) is 0 Å². The lowest BCUT2D eigenvalue weighted by atomic mass is 10.1. The highest BCUT2D eigenvalue weighted by Crippen LogP contribution is 2.15. The highest BCUT2D eigenvalue weighted by Gasteiger charge is 2.48. The molecule has 1 unspecified atom stereocenters. The second kappa shape index (κ2) is 4.97. The number of nitrogens with zero attached hydrogens (tertiary/aromatic N) is 3. The van der Waals surface area contributed by atoms with E-state index in [9.17, 15) is 14.5 Å². The van der Waals surface area contributed by atoms with Gasteiger partial charge in [-0.25, -0.2) is 9.69 Å². The first kappa shape index (κ1) is 12.9. The maximum Gasteiger partial charge on any atom is 0.418 e. The van der Waals surface area contributed by atoms with Gasteiger partial charge in [0.15, 0.2) is 0 Å². The van der Waals surface area contributed by atoms with E-state index in [-0.39, 0.29) is 12.4 Å². The Kier molecular flexibility index (Phi) is 3.37. The molecule has 19 heavy (non-hydrogen) atoms. The molecule has 1 aromatic carbocycles. The number of nitroso groups, excluding NO2 is 1. The summed E-state index contributed by atoms with van der Waals surface area (Å²) in [6.45, 7) is 0.190. The van der Waals surface area contributed by atoms with Crippen molar-refractivity contribution in [1.29, 1.82) is 0 Å². The van der Waals surface area contributed by atoms with Gasteiger partial charge in [-0.3, -0.25) is 10.2 Å². The van der Waals surface area contributed by atoms with Crippen LogP contribution in [0.5, 0.6) is 0 Å². The van der Waals surface area contributed by atoms with Crippen molar-refractivity contribution in [3.63, 3.8) is 0 Å². The first-order valence-corrected chi connectivity index (χ1v) is 5.64. The molecule has 1 aliphatic rings. The molecule has 1 atom stereocenters. The van der Waals surface area contributed by atoms with E-state index in [2.05, 4.69) is 5.18 Å². The Hall–Kier alpha value is -2.57. The molecule has 0 aromatic heterocycles. The van der Waals surface area contributed by atoms with E-state index in [1.165, 1.54) is 11.9 Å². The van der Waals surface area contributed by atoms with Crippen molar-refractivity contribution in [1.82, 2.24) is 9.80 Å². The number of amides is 3. The Morgan fingerprint density at radius 2 is 1.89 bits per heavy atom. The van der Waals surface area contributed by atoms with Gasteiger partial charge >= 0.3 is 6.03 Å². The molecular formula is C12H13N4O3+. The third-order valence-electron chi connectivity index (χ3n) is 2.96. The minimum absolute atomic E-state index is 0.132. The Morgan fingerprint density at radius 3 is 2.47 bits per heavy atom. The van der Waals surface area contributed by atoms with E-state index in [1.807, 2.05) is 30.3 Å². The number of rotatable bonds is 3. The number of benzene rings is 1. The van der Waals surface area contributed by atoms with Gasteiger partial charge in [-0.15, -0.1) is 4.91 Å². The first-order chi connectivity index (χ1) is 9.06. The van der Waals surface area contributed by atoms with Gasteiger partial charge in [0.05, 0.1) is 0 Å². The summed E-state index contributed by atoms with van der Waals surface area (Å²) in [6, 6.07) is 7.23. The van der Waals surface area contributed by atoms with Crippen molar-refractivity contribution in [2.45, 2.75) is 12.6 Å². The third-order valence-corrected chi connectivity index (χ3v) is 2.96. The van der Waals surface area contributed by atoms with Crippen molar-refractivity contribution in [3.05, 3.63) is 40.8 Å². The summed E-state index contributed by atoms with van der Waals surface area (Å²) >= 11 is 0. The highest BCUT2D eigenvalue weighted by molar-refractivity contribution is 6.18. The van der Waals surface area contributed by atoms with Crippen molar-refractivity contribution in [2.24, 2.45) is 5.18 Å². The zero-order valence-corrected chi connectivity index (χ0v) is 10.3. The Bertz CT molecular complexity index is 543. The van der Waals surface area contributed by atoms with Gasteiger partial charge in [0.2, 0.25) is 0 Å². The van der Waals surface area contributed by atoms with Crippen LogP contribution in [-0.4, -0.2) is 40.7 Å². The first-order valence-electron chi connectivity index (χ1n) is 5.64. The van der Waals surface area contributed by atoms with Crippen LogP contribution in [0.1, 0.15) is 5.56 Å². The van der Waals surface area contributed by atoms with Crippen LogP contribution in [-0.2, 0) is 11.3 Å². The second-order valence-electron chi connectivity index (χ2n) is 4.18. The van der Waals surface area contributed by atoms with Gasteiger partial charge in [0.1, 0.15) is 6.54 Å². The quantitative estimate of drug-likeness (QED) is 0.734. The summed E-state index contributed by atoms with van der Waals surface area (Å²) in [5.41, 5.74) is 0.839. The van der Waals surface area contributed by atoms with Gasteiger partial charge in [0.25, 0.3) is 17.8 Å². The molecule has 0 spiro atoms. The Morgan fingerprint density at radius 1 is 1.26 bits per heavy atom. The minimum Gasteiger partial charge on any atom is -0.288 e. The minimum atomic E-state index is -1.34. The third kappa shape index (κ3) is 2.22. The van der Waals surface area contributed by atoms with Crippen molar-refractivity contribution in [3.8, 4) is 0 Å². The largest absolute Gasteiger partial charge is 0.418 e. The number of amidine groups is 1. The van der Waals surface area contributed by atoms with Crippen LogP contribution in [0.4, 0.5) is 4.79 Å². The van der Waals surface area contributed by atoms with Crippen LogP contribution in [0.25, 0.3) is 0 Å². The van der Waals surface area contributed by atoms with E-state index < -0.39 is 18.0 Å². The van der Waals surface area contributed by atoms with Gasteiger partial charge < -0.3 is 0 Å². The van der Waals surface area contributed by atoms with Gasteiger partial charge in [-0.05, 0) is 10.7 Å². The lowest BCUT2D eigenvalue weighted by molar-refractivity contribution is -0.144. The molecule has 0 saturated carbocycles. The van der Waals surface area contributed by atoms with E-state index in [1.54, 1.807) is 0 Å². The van der Waals surface area contributed by atoms with Crippen LogP contribution >= 0.6 is 0 Å². The van der Waals surface area contributed by atoms with E-state index in [0.29, 0.717) is 0 Å². The molecule has 7 nitrogen and oxygen atoms in total. The SMILES string of the molecule is CN1C(=O)C(N=O)C(=[NH2+])N(Cc2ccccc2)C1=O. The van der Waals surface area contributed by atoms with Gasteiger partial charge in [0, 0.05) is 7.05 Å².